The second-order valence-corrected chi connectivity index (χ2v) is 8.11. The van der Waals surface area contributed by atoms with Crippen molar-refractivity contribution in [3.05, 3.63) is 132 Å². The Balaban J connectivity index is 1.71. The van der Waals surface area contributed by atoms with Crippen LogP contribution in [0.3, 0.4) is 0 Å². The molecule has 36 heavy (non-hydrogen) atoms. The van der Waals surface area contributed by atoms with Gasteiger partial charge in [-0.15, -0.1) is 0 Å². The van der Waals surface area contributed by atoms with Crippen LogP contribution >= 0.6 is 0 Å². The van der Waals surface area contributed by atoms with Gasteiger partial charge in [0.15, 0.2) is 11.5 Å². The molecular weight excluding hydrogens is 452 g/mol. The second kappa shape index (κ2) is 12.3. The van der Waals surface area contributed by atoms with Gasteiger partial charge < -0.3 is 18.9 Å². The highest BCUT2D eigenvalue weighted by atomic mass is 16.6. The Bertz CT molecular complexity index is 1280. The molecule has 0 aliphatic heterocycles. The van der Waals surface area contributed by atoms with E-state index in [1.807, 2.05) is 91.0 Å². The minimum absolute atomic E-state index is 0.171. The van der Waals surface area contributed by atoms with E-state index < -0.39 is 5.97 Å². The van der Waals surface area contributed by atoms with Crippen LogP contribution in [0.5, 0.6) is 17.2 Å². The highest BCUT2D eigenvalue weighted by Crippen LogP contribution is 2.44. The van der Waals surface area contributed by atoms with Crippen molar-refractivity contribution in [1.29, 1.82) is 0 Å². The first-order valence-corrected chi connectivity index (χ1v) is 11.6. The van der Waals surface area contributed by atoms with Crippen LogP contribution in [0.4, 0.5) is 0 Å². The molecular formula is C31H28O5. The Kier molecular flexibility index (Phi) is 8.39. The van der Waals surface area contributed by atoms with E-state index in [9.17, 15) is 4.79 Å². The number of ether oxygens (including phenoxy) is 4. The van der Waals surface area contributed by atoms with Crippen LogP contribution in [0.1, 0.15) is 29.2 Å². The van der Waals surface area contributed by atoms with E-state index in [2.05, 4.69) is 6.58 Å². The van der Waals surface area contributed by atoms with Crippen LogP contribution in [0.15, 0.2) is 110 Å². The Morgan fingerprint density at radius 3 is 1.53 bits per heavy atom. The first-order chi connectivity index (χ1) is 17.6. The van der Waals surface area contributed by atoms with E-state index in [1.165, 1.54) is 6.92 Å². The number of hydrogen-bond acceptors (Lipinski definition) is 5. The van der Waals surface area contributed by atoms with Crippen molar-refractivity contribution in [2.45, 2.75) is 26.7 Å². The van der Waals surface area contributed by atoms with E-state index >= 15 is 0 Å². The molecule has 182 valence electrons. The van der Waals surface area contributed by atoms with Crippen molar-refractivity contribution in [2.75, 3.05) is 0 Å². The summed E-state index contributed by atoms with van der Waals surface area (Å²) in [6, 6.07) is 33.0. The standard InChI is InChI=1S/C31H28O5/c1-23(36-24(2)32)28-18-19-29(33-20-25-12-6-3-7-13-25)31(35-22-27-16-10-5-11-17-27)30(28)34-21-26-14-8-4-9-15-26/h3-19H,1,20-22H2,2H3. The quantitative estimate of drug-likeness (QED) is 0.172. The molecule has 0 bridgehead atoms. The molecule has 0 aliphatic carbocycles. The predicted octanol–water partition coefficient (Wildman–Crippen LogP) is 6.96. The van der Waals surface area contributed by atoms with Gasteiger partial charge in [0.05, 0.1) is 5.56 Å². The van der Waals surface area contributed by atoms with Gasteiger partial charge in [-0.3, -0.25) is 4.79 Å². The third-order valence-electron chi connectivity index (χ3n) is 5.33. The number of benzene rings is 4. The summed E-state index contributed by atoms with van der Waals surface area (Å²) in [6.07, 6.45) is 0. The minimum Gasteiger partial charge on any atom is -0.485 e. The van der Waals surface area contributed by atoms with Crippen molar-refractivity contribution in [3.8, 4) is 17.2 Å². The third kappa shape index (κ3) is 6.76. The van der Waals surface area contributed by atoms with Gasteiger partial charge in [0, 0.05) is 6.92 Å². The summed E-state index contributed by atoms with van der Waals surface area (Å²) in [6.45, 7) is 6.21. The maximum absolute atomic E-state index is 11.7. The zero-order valence-corrected chi connectivity index (χ0v) is 20.2. The molecule has 0 fully saturated rings. The number of hydrogen-bond donors (Lipinski definition) is 0. The lowest BCUT2D eigenvalue weighted by Crippen LogP contribution is -2.07. The Morgan fingerprint density at radius 1 is 0.611 bits per heavy atom. The fourth-order valence-corrected chi connectivity index (χ4v) is 3.58. The molecule has 0 saturated carbocycles. The van der Waals surface area contributed by atoms with Crippen molar-refractivity contribution < 1.29 is 23.7 Å². The molecule has 5 nitrogen and oxygen atoms in total. The zero-order chi connectivity index (χ0) is 25.2. The fourth-order valence-electron chi connectivity index (χ4n) is 3.58. The average Bonchev–Trinajstić information content (AvgIpc) is 2.91. The van der Waals surface area contributed by atoms with Crippen LogP contribution in [0.2, 0.25) is 0 Å². The van der Waals surface area contributed by atoms with Crippen molar-refractivity contribution in [2.24, 2.45) is 0 Å². The molecule has 0 radical (unpaired) electrons. The van der Waals surface area contributed by atoms with Gasteiger partial charge >= 0.3 is 5.97 Å². The second-order valence-electron chi connectivity index (χ2n) is 8.11. The average molecular weight is 481 g/mol. The van der Waals surface area contributed by atoms with Gasteiger partial charge in [0.25, 0.3) is 0 Å². The maximum Gasteiger partial charge on any atom is 0.308 e. The van der Waals surface area contributed by atoms with Crippen LogP contribution < -0.4 is 14.2 Å². The molecule has 0 spiro atoms. The number of esters is 1. The lowest BCUT2D eigenvalue weighted by Gasteiger charge is -2.20. The van der Waals surface area contributed by atoms with Crippen LogP contribution in [-0.4, -0.2) is 5.97 Å². The molecule has 0 amide bonds. The summed E-state index contributed by atoms with van der Waals surface area (Å²) in [7, 11) is 0. The number of carbonyl (C=O) groups is 1. The molecule has 0 unspecified atom stereocenters. The summed E-state index contributed by atoms with van der Waals surface area (Å²) in [5.41, 5.74) is 3.50. The lowest BCUT2D eigenvalue weighted by atomic mass is 10.1. The topological polar surface area (TPSA) is 54.0 Å². The van der Waals surface area contributed by atoms with E-state index in [-0.39, 0.29) is 12.4 Å². The van der Waals surface area contributed by atoms with Crippen molar-refractivity contribution >= 4 is 11.7 Å². The first-order valence-electron chi connectivity index (χ1n) is 11.6. The molecule has 0 heterocycles. The molecule has 0 N–H and O–H groups in total. The predicted molar refractivity (Wildman–Crippen MR) is 140 cm³/mol. The van der Waals surface area contributed by atoms with Gasteiger partial charge in [0.2, 0.25) is 5.75 Å². The molecule has 0 aromatic heterocycles. The van der Waals surface area contributed by atoms with Gasteiger partial charge in [-0.1, -0.05) is 97.6 Å². The van der Waals surface area contributed by atoms with Gasteiger partial charge in [-0.25, -0.2) is 0 Å². The lowest BCUT2D eigenvalue weighted by molar-refractivity contribution is -0.134. The SMILES string of the molecule is C=C(OC(C)=O)c1ccc(OCc2ccccc2)c(OCc2ccccc2)c1OCc1ccccc1. The van der Waals surface area contributed by atoms with E-state index in [0.717, 1.165) is 16.7 Å². The summed E-state index contributed by atoms with van der Waals surface area (Å²) >= 11 is 0. The monoisotopic (exact) mass is 480 g/mol. The highest BCUT2D eigenvalue weighted by Gasteiger charge is 2.22. The Morgan fingerprint density at radius 2 is 1.06 bits per heavy atom. The summed E-state index contributed by atoms with van der Waals surface area (Å²) in [5, 5.41) is 0. The molecule has 4 rings (SSSR count). The summed E-state index contributed by atoms with van der Waals surface area (Å²) in [5.74, 6) is 1.02. The van der Waals surface area contributed by atoms with Gasteiger partial charge in [0.1, 0.15) is 25.6 Å². The Hall–Kier alpha value is -4.51. The number of rotatable bonds is 11. The van der Waals surface area contributed by atoms with Crippen LogP contribution in [0.25, 0.3) is 5.76 Å². The normalized spacial score (nSPS) is 10.4. The van der Waals surface area contributed by atoms with Crippen molar-refractivity contribution in [3.63, 3.8) is 0 Å². The van der Waals surface area contributed by atoms with Crippen LogP contribution in [-0.2, 0) is 29.4 Å². The van der Waals surface area contributed by atoms with E-state index in [1.54, 1.807) is 12.1 Å². The van der Waals surface area contributed by atoms with E-state index in [4.69, 9.17) is 18.9 Å². The first kappa shape index (κ1) is 24.6. The largest absolute Gasteiger partial charge is 0.485 e. The molecule has 4 aromatic carbocycles. The smallest absolute Gasteiger partial charge is 0.308 e. The van der Waals surface area contributed by atoms with Gasteiger partial charge in [-0.2, -0.15) is 0 Å². The molecule has 0 saturated heterocycles. The highest BCUT2D eigenvalue weighted by molar-refractivity contribution is 5.79. The van der Waals surface area contributed by atoms with Crippen molar-refractivity contribution in [1.82, 2.24) is 0 Å². The molecule has 0 aliphatic rings. The third-order valence-corrected chi connectivity index (χ3v) is 5.33. The molecule has 5 heteroatoms. The van der Waals surface area contributed by atoms with E-state index in [0.29, 0.717) is 36.0 Å². The van der Waals surface area contributed by atoms with Crippen LogP contribution in [0, 0.1) is 0 Å². The maximum atomic E-state index is 11.7. The van der Waals surface area contributed by atoms with Gasteiger partial charge in [-0.05, 0) is 28.8 Å². The Labute approximate surface area is 211 Å². The summed E-state index contributed by atoms with van der Waals surface area (Å²) < 4.78 is 24.1. The molecule has 4 aromatic rings. The fraction of sp³-hybridized carbons (Fsp3) is 0.129. The minimum atomic E-state index is -0.467. The zero-order valence-electron chi connectivity index (χ0n) is 20.2. The summed E-state index contributed by atoms with van der Waals surface area (Å²) in [4.78, 5) is 11.7. The number of carbonyl (C=O) groups excluding carboxylic acids is 1. The molecule has 0 atom stereocenters.